The molecule has 0 aromatic heterocycles. The lowest BCUT2D eigenvalue weighted by Gasteiger charge is -2.08. The maximum absolute atomic E-state index is 12.1. The second-order valence-corrected chi connectivity index (χ2v) is 6.92. The second kappa shape index (κ2) is 6.59. The zero-order valence-corrected chi connectivity index (χ0v) is 12.6. The van der Waals surface area contributed by atoms with Gasteiger partial charge in [-0.15, -0.1) is 0 Å². The molecule has 0 radical (unpaired) electrons. The Labute approximate surface area is 124 Å². The molecule has 0 unspecified atom stereocenters. The third kappa shape index (κ3) is 4.22. The van der Waals surface area contributed by atoms with Crippen molar-refractivity contribution in [1.82, 2.24) is 4.72 Å². The average molecular weight is 313 g/mol. The van der Waals surface area contributed by atoms with E-state index in [1.54, 1.807) is 12.1 Å². The Kier molecular flexibility index (Phi) is 5.06. The predicted molar refractivity (Wildman–Crippen MR) is 79.9 cm³/mol. The first-order chi connectivity index (χ1) is 9.53. The van der Waals surface area contributed by atoms with Crippen LogP contribution in [-0.4, -0.2) is 21.5 Å². The standard InChI is InChI=1S/C14H17ClN2O2S/c15-13-10-12(2-1-8-16)5-6-14(13)20(18,19)17-9-7-11-3-4-11/h5-6,10-11,17H,3-4,7-9,16H2. The molecular formula is C14H17ClN2O2S. The van der Waals surface area contributed by atoms with E-state index in [0.29, 0.717) is 18.0 Å². The van der Waals surface area contributed by atoms with Crippen molar-refractivity contribution in [3.8, 4) is 11.8 Å². The van der Waals surface area contributed by atoms with Crippen LogP contribution in [0, 0.1) is 17.8 Å². The molecule has 0 heterocycles. The number of halogens is 1. The predicted octanol–water partition coefficient (Wildman–Crippen LogP) is 1.73. The lowest BCUT2D eigenvalue weighted by molar-refractivity contribution is 0.575. The highest BCUT2D eigenvalue weighted by molar-refractivity contribution is 7.89. The quantitative estimate of drug-likeness (QED) is 0.813. The molecule has 1 aromatic rings. The number of hydrogen-bond donors (Lipinski definition) is 2. The largest absolute Gasteiger partial charge is 0.320 e. The van der Waals surface area contributed by atoms with Crippen molar-refractivity contribution in [2.24, 2.45) is 11.7 Å². The van der Waals surface area contributed by atoms with Gasteiger partial charge in [0.15, 0.2) is 0 Å². The summed E-state index contributed by atoms with van der Waals surface area (Å²) < 4.78 is 26.8. The monoisotopic (exact) mass is 312 g/mol. The summed E-state index contributed by atoms with van der Waals surface area (Å²) in [5.41, 5.74) is 5.94. The molecule has 20 heavy (non-hydrogen) atoms. The Hall–Kier alpha value is -1.06. The summed E-state index contributed by atoms with van der Waals surface area (Å²) in [7, 11) is -3.55. The van der Waals surface area contributed by atoms with Gasteiger partial charge >= 0.3 is 0 Å². The van der Waals surface area contributed by atoms with Crippen LogP contribution in [0.4, 0.5) is 0 Å². The summed E-state index contributed by atoms with van der Waals surface area (Å²) in [6.45, 7) is 0.707. The van der Waals surface area contributed by atoms with Crippen LogP contribution >= 0.6 is 11.6 Å². The van der Waals surface area contributed by atoms with Crippen LogP contribution in [-0.2, 0) is 10.0 Å². The van der Waals surface area contributed by atoms with Gasteiger partial charge in [-0.25, -0.2) is 13.1 Å². The fourth-order valence-corrected chi connectivity index (χ4v) is 3.42. The highest BCUT2D eigenvalue weighted by Gasteiger charge is 2.23. The van der Waals surface area contributed by atoms with Crippen LogP contribution in [0.1, 0.15) is 24.8 Å². The van der Waals surface area contributed by atoms with Crippen molar-refractivity contribution in [1.29, 1.82) is 0 Å². The summed E-state index contributed by atoms with van der Waals surface area (Å²) >= 11 is 6.03. The minimum Gasteiger partial charge on any atom is -0.320 e. The van der Waals surface area contributed by atoms with Crippen LogP contribution in [0.15, 0.2) is 23.1 Å². The summed E-state index contributed by atoms with van der Waals surface area (Å²) in [6.07, 6.45) is 3.30. The van der Waals surface area contributed by atoms with Gasteiger partial charge in [0.1, 0.15) is 4.90 Å². The molecule has 1 aromatic carbocycles. The molecule has 3 N–H and O–H groups in total. The molecule has 1 saturated carbocycles. The van der Waals surface area contributed by atoms with Gasteiger partial charge in [0.2, 0.25) is 10.0 Å². The van der Waals surface area contributed by atoms with Crippen LogP contribution in [0.25, 0.3) is 0 Å². The first-order valence-corrected chi connectivity index (χ1v) is 8.37. The van der Waals surface area contributed by atoms with E-state index in [1.807, 2.05) is 0 Å². The lowest BCUT2D eigenvalue weighted by Crippen LogP contribution is -2.25. The first kappa shape index (κ1) is 15.3. The maximum Gasteiger partial charge on any atom is 0.242 e. The molecule has 1 aliphatic carbocycles. The van der Waals surface area contributed by atoms with Gasteiger partial charge in [-0.1, -0.05) is 36.3 Å². The van der Waals surface area contributed by atoms with E-state index in [0.717, 1.165) is 6.42 Å². The minimum absolute atomic E-state index is 0.0910. The maximum atomic E-state index is 12.1. The van der Waals surface area contributed by atoms with E-state index in [2.05, 4.69) is 16.6 Å². The van der Waals surface area contributed by atoms with Gasteiger partial charge in [-0.3, -0.25) is 0 Å². The number of nitrogens with one attached hydrogen (secondary N) is 1. The highest BCUT2D eigenvalue weighted by Crippen LogP contribution is 2.32. The normalized spacial score (nSPS) is 14.7. The van der Waals surface area contributed by atoms with E-state index >= 15 is 0 Å². The van der Waals surface area contributed by atoms with Crippen molar-refractivity contribution in [3.63, 3.8) is 0 Å². The molecule has 0 aliphatic heterocycles. The Balaban J connectivity index is 2.09. The van der Waals surface area contributed by atoms with Gasteiger partial charge in [-0.05, 0) is 30.5 Å². The third-order valence-electron chi connectivity index (χ3n) is 3.10. The number of rotatable bonds is 5. The van der Waals surface area contributed by atoms with Crippen molar-refractivity contribution >= 4 is 21.6 Å². The van der Waals surface area contributed by atoms with Crippen molar-refractivity contribution in [2.45, 2.75) is 24.2 Å². The smallest absolute Gasteiger partial charge is 0.242 e. The van der Waals surface area contributed by atoms with Crippen LogP contribution in [0.5, 0.6) is 0 Å². The fraction of sp³-hybridized carbons (Fsp3) is 0.429. The Bertz CT molecular complexity index is 643. The Morgan fingerprint density at radius 2 is 2.15 bits per heavy atom. The van der Waals surface area contributed by atoms with Gasteiger partial charge in [0.25, 0.3) is 0 Å². The van der Waals surface area contributed by atoms with E-state index in [1.165, 1.54) is 18.9 Å². The van der Waals surface area contributed by atoms with Crippen LogP contribution in [0.2, 0.25) is 5.02 Å². The summed E-state index contributed by atoms with van der Waals surface area (Å²) in [4.78, 5) is 0.0910. The van der Waals surface area contributed by atoms with Gasteiger partial charge in [0.05, 0.1) is 11.6 Å². The molecule has 4 nitrogen and oxygen atoms in total. The molecule has 0 saturated heterocycles. The zero-order chi connectivity index (χ0) is 14.6. The molecule has 0 bridgehead atoms. The molecule has 0 amide bonds. The van der Waals surface area contributed by atoms with Crippen molar-refractivity contribution in [3.05, 3.63) is 28.8 Å². The third-order valence-corrected chi connectivity index (χ3v) is 5.04. The molecule has 2 rings (SSSR count). The van der Waals surface area contributed by atoms with E-state index in [-0.39, 0.29) is 16.5 Å². The zero-order valence-electron chi connectivity index (χ0n) is 11.0. The Morgan fingerprint density at radius 3 is 2.75 bits per heavy atom. The number of sulfonamides is 1. The fourth-order valence-electron chi connectivity index (χ4n) is 1.83. The summed E-state index contributed by atoms with van der Waals surface area (Å²) in [5, 5.41) is 0.174. The molecule has 1 aliphatic rings. The summed E-state index contributed by atoms with van der Waals surface area (Å²) in [6, 6.07) is 4.64. The first-order valence-electron chi connectivity index (χ1n) is 6.51. The van der Waals surface area contributed by atoms with Crippen LogP contribution < -0.4 is 10.5 Å². The van der Waals surface area contributed by atoms with E-state index < -0.39 is 10.0 Å². The SMILES string of the molecule is NCC#Cc1ccc(S(=O)(=O)NCCC2CC2)c(Cl)c1. The second-order valence-electron chi connectivity index (χ2n) is 4.78. The highest BCUT2D eigenvalue weighted by atomic mass is 35.5. The molecular weight excluding hydrogens is 296 g/mol. The minimum atomic E-state index is -3.55. The molecule has 6 heteroatoms. The van der Waals surface area contributed by atoms with Gasteiger partial charge < -0.3 is 5.73 Å². The summed E-state index contributed by atoms with van der Waals surface area (Å²) in [5.74, 6) is 6.20. The lowest BCUT2D eigenvalue weighted by atomic mass is 10.2. The average Bonchev–Trinajstić information content (AvgIpc) is 3.20. The molecule has 0 atom stereocenters. The van der Waals surface area contributed by atoms with Gasteiger partial charge in [0, 0.05) is 12.1 Å². The Morgan fingerprint density at radius 1 is 1.40 bits per heavy atom. The topological polar surface area (TPSA) is 72.2 Å². The van der Waals surface area contributed by atoms with E-state index in [4.69, 9.17) is 17.3 Å². The number of nitrogens with two attached hydrogens (primary N) is 1. The molecule has 0 spiro atoms. The van der Waals surface area contributed by atoms with E-state index in [9.17, 15) is 8.42 Å². The van der Waals surface area contributed by atoms with Crippen LogP contribution in [0.3, 0.4) is 0 Å². The molecule has 108 valence electrons. The van der Waals surface area contributed by atoms with Gasteiger partial charge in [-0.2, -0.15) is 0 Å². The van der Waals surface area contributed by atoms with Crippen molar-refractivity contribution < 1.29 is 8.42 Å². The molecule has 1 fully saturated rings. The van der Waals surface area contributed by atoms with Crippen molar-refractivity contribution in [2.75, 3.05) is 13.1 Å². The number of benzene rings is 1. The number of hydrogen-bond acceptors (Lipinski definition) is 3.